The molecule has 0 atom stereocenters. The minimum atomic E-state index is -0.137. The first kappa shape index (κ1) is 17.1. The molecule has 0 aliphatic heterocycles. The normalized spacial score (nSPS) is 12.8. The molecule has 0 aliphatic carbocycles. The van der Waals surface area contributed by atoms with Crippen molar-refractivity contribution in [3.8, 4) is 0 Å². The largest absolute Gasteiger partial charge is 0.375 e. The average molecular weight is 281 g/mol. The first-order valence-electron chi connectivity index (χ1n) is 7.23. The molecule has 0 aliphatic rings. The van der Waals surface area contributed by atoms with Crippen molar-refractivity contribution in [2.75, 3.05) is 13.2 Å². The monoisotopic (exact) mass is 281 g/mol. The standard InChI is InChI=1S/C17H28FNO/c1-16(2,3)14-8-7-13(15(18)11-14)12-19-9-10-20-17(4,5)6/h7-8,11,19H,9-10,12H2,1-6H3. The summed E-state index contributed by atoms with van der Waals surface area (Å²) >= 11 is 0. The fraction of sp³-hybridized carbons (Fsp3) is 0.647. The zero-order valence-corrected chi connectivity index (χ0v) is 13.6. The average Bonchev–Trinajstić information content (AvgIpc) is 2.27. The van der Waals surface area contributed by atoms with Gasteiger partial charge in [-0.05, 0) is 37.8 Å². The lowest BCUT2D eigenvalue weighted by molar-refractivity contribution is -0.000906. The number of ether oxygens (including phenoxy) is 1. The molecule has 3 heteroatoms. The minimum absolute atomic E-state index is 0.0205. The van der Waals surface area contributed by atoms with Gasteiger partial charge >= 0.3 is 0 Å². The maximum absolute atomic E-state index is 14.0. The highest BCUT2D eigenvalue weighted by Gasteiger charge is 2.15. The van der Waals surface area contributed by atoms with Crippen LogP contribution >= 0.6 is 0 Å². The van der Waals surface area contributed by atoms with Gasteiger partial charge in [-0.2, -0.15) is 0 Å². The summed E-state index contributed by atoms with van der Waals surface area (Å²) in [5.41, 5.74) is 1.58. The molecule has 20 heavy (non-hydrogen) atoms. The molecule has 0 radical (unpaired) electrons. The molecule has 0 fully saturated rings. The van der Waals surface area contributed by atoms with E-state index in [1.807, 2.05) is 32.9 Å². The van der Waals surface area contributed by atoms with Gasteiger partial charge in [-0.1, -0.05) is 32.9 Å². The van der Waals surface area contributed by atoms with Crippen molar-refractivity contribution in [1.29, 1.82) is 0 Å². The summed E-state index contributed by atoms with van der Waals surface area (Å²) in [5, 5.41) is 3.21. The van der Waals surface area contributed by atoms with E-state index in [9.17, 15) is 4.39 Å². The summed E-state index contributed by atoms with van der Waals surface area (Å²) in [6, 6.07) is 5.52. The van der Waals surface area contributed by atoms with Gasteiger partial charge in [0, 0.05) is 18.7 Å². The maximum atomic E-state index is 14.0. The van der Waals surface area contributed by atoms with E-state index in [1.165, 1.54) is 0 Å². The molecule has 0 saturated carbocycles. The number of hydrogen-bond acceptors (Lipinski definition) is 2. The Balaban J connectivity index is 2.46. The van der Waals surface area contributed by atoms with E-state index in [1.54, 1.807) is 6.07 Å². The van der Waals surface area contributed by atoms with Crippen LogP contribution in [0.2, 0.25) is 0 Å². The van der Waals surface area contributed by atoms with Gasteiger partial charge < -0.3 is 10.1 Å². The SMILES string of the molecule is CC(C)(C)OCCNCc1ccc(C(C)(C)C)cc1F. The van der Waals surface area contributed by atoms with Gasteiger partial charge in [0.25, 0.3) is 0 Å². The molecule has 1 N–H and O–H groups in total. The molecule has 1 aromatic rings. The van der Waals surface area contributed by atoms with E-state index in [-0.39, 0.29) is 16.8 Å². The Morgan fingerprint density at radius 2 is 1.75 bits per heavy atom. The third-order valence-corrected chi connectivity index (χ3v) is 3.05. The molecule has 0 amide bonds. The van der Waals surface area contributed by atoms with Crippen molar-refractivity contribution in [1.82, 2.24) is 5.32 Å². The van der Waals surface area contributed by atoms with Crippen LogP contribution in [0.5, 0.6) is 0 Å². The van der Waals surface area contributed by atoms with Crippen LogP contribution in [0.15, 0.2) is 18.2 Å². The topological polar surface area (TPSA) is 21.3 Å². The second-order valence-corrected chi connectivity index (χ2v) is 7.19. The summed E-state index contributed by atoms with van der Waals surface area (Å²) in [7, 11) is 0. The van der Waals surface area contributed by atoms with Crippen molar-refractivity contribution in [3.63, 3.8) is 0 Å². The molecule has 1 rings (SSSR count). The molecule has 0 saturated heterocycles. The molecular weight excluding hydrogens is 253 g/mol. The maximum Gasteiger partial charge on any atom is 0.127 e. The van der Waals surface area contributed by atoms with Crippen molar-refractivity contribution >= 4 is 0 Å². The quantitative estimate of drug-likeness (QED) is 0.823. The van der Waals surface area contributed by atoms with Crippen LogP contribution in [0.25, 0.3) is 0 Å². The van der Waals surface area contributed by atoms with Crippen LogP contribution in [0.1, 0.15) is 52.7 Å². The Labute approximate surface area is 122 Å². The van der Waals surface area contributed by atoms with Crippen LogP contribution in [-0.2, 0) is 16.7 Å². The Hall–Kier alpha value is -0.930. The van der Waals surface area contributed by atoms with Gasteiger partial charge in [-0.3, -0.25) is 0 Å². The number of rotatable bonds is 5. The van der Waals surface area contributed by atoms with Gasteiger partial charge in [0.15, 0.2) is 0 Å². The lowest BCUT2D eigenvalue weighted by Crippen LogP contribution is -2.26. The zero-order valence-electron chi connectivity index (χ0n) is 13.6. The second kappa shape index (κ2) is 6.68. The predicted molar refractivity (Wildman–Crippen MR) is 82.5 cm³/mol. The Bertz CT molecular complexity index is 430. The Morgan fingerprint density at radius 1 is 1.10 bits per heavy atom. The summed E-state index contributed by atoms with van der Waals surface area (Å²) < 4.78 is 19.6. The van der Waals surface area contributed by atoms with Gasteiger partial charge in [-0.25, -0.2) is 4.39 Å². The number of hydrogen-bond donors (Lipinski definition) is 1. The molecule has 0 heterocycles. The van der Waals surface area contributed by atoms with Crippen molar-refractivity contribution < 1.29 is 9.13 Å². The summed E-state index contributed by atoms with van der Waals surface area (Å²) in [6.45, 7) is 14.2. The number of benzene rings is 1. The zero-order chi connectivity index (χ0) is 15.4. The van der Waals surface area contributed by atoms with Crippen LogP contribution in [0.4, 0.5) is 4.39 Å². The van der Waals surface area contributed by atoms with Crippen molar-refractivity contribution in [3.05, 3.63) is 35.1 Å². The highest BCUT2D eigenvalue weighted by molar-refractivity contribution is 5.28. The lowest BCUT2D eigenvalue weighted by atomic mass is 9.86. The highest BCUT2D eigenvalue weighted by Crippen LogP contribution is 2.23. The smallest absolute Gasteiger partial charge is 0.127 e. The molecule has 0 unspecified atom stereocenters. The fourth-order valence-corrected chi connectivity index (χ4v) is 1.81. The summed E-state index contributed by atoms with van der Waals surface area (Å²) in [6.07, 6.45) is 0. The van der Waals surface area contributed by atoms with Gasteiger partial charge in [-0.15, -0.1) is 0 Å². The third kappa shape index (κ3) is 6.02. The molecule has 2 nitrogen and oxygen atoms in total. The van der Waals surface area contributed by atoms with E-state index in [4.69, 9.17) is 4.74 Å². The first-order valence-corrected chi connectivity index (χ1v) is 7.23. The fourth-order valence-electron chi connectivity index (χ4n) is 1.81. The van der Waals surface area contributed by atoms with Crippen LogP contribution < -0.4 is 5.32 Å². The molecule has 114 valence electrons. The minimum Gasteiger partial charge on any atom is -0.375 e. The molecule has 0 bridgehead atoms. The van der Waals surface area contributed by atoms with Crippen molar-refractivity contribution in [2.45, 2.75) is 59.1 Å². The van der Waals surface area contributed by atoms with Crippen LogP contribution in [0.3, 0.4) is 0 Å². The highest BCUT2D eigenvalue weighted by atomic mass is 19.1. The Kier molecular flexibility index (Phi) is 5.72. The Morgan fingerprint density at radius 3 is 2.25 bits per heavy atom. The van der Waals surface area contributed by atoms with Crippen LogP contribution in [0, 0.1) is 5.82 Å². The first-order chi connectivity index (χ1) is 9.09. The van der Waals surface area contributed by atoms with E-state index in [0.29, 0.717) is 18.7 Å². The molecule has 1 aromatic carbocycles. The third-order valence-electron chi connectivity index (χ3n) is 3.05. The molecule has 0 aromatic heterocycles. The number of halogens is 1. The molecular formula is C17H28FNO. The van der Waals surface area contributed by atoms with Gasteiger partial charge in [0.1, 0.15) is 5.82 Å². The predicted octanol–water partition coefficient (Wildman–Crippen LogP) is 4.03. The van der Waals surface area contributed by atoms with Crippen molar-refractivity contribution in [2.24, 2.45) is 0 Å². The van der Waals surface area contributed by atoms with E-state index < -0.39 is 0 Å². The summed E-state index contributed by atoms with van der Waals surface area (Å²) in [4.78, 5) is 0. The van der Waals surface area contributed by atoms with Gasteiger partial charge in [0.2, 0.25) is 0 Å². The van der Waals surface area contributed by atoms with Gasteiger partial charge in [0.05, 0.1) is 12.2 Å². The molecule has 0 spiro atoms. The second-order valence-electron chi connectivity index (χ2n) is 7.19. The van der Waals surface area contributed by atoms with E-state index in [0.717, 1.165) is 12.1 Å². The number of nitrogens with one attached hydrogen (secondary N) is 1. The van der Waals surface area contributed by atoms with Crippen LogP contribution in [-0.4, -0.2) is 18.8 Å². The van der Waals surface area contributed by atoms with E-state index >= 15 is 0 Å². The summed E-state index contributed by atoms with van der Waals surface area (Å²) in [5.74, 6) is -0.137. The van der Waals surface area contributed by atoms with E-state index in [2.05, 4.69) is 26.1 Å². The lowest BCUT2D eigenvalue weighted by Gasteiger charge is -2.20.